The van der Waals surface area contributed by atoms with Crippen LogP contribution >= 0.6 is 11.8 Å². The van der Waals surface area contributed by atoms with Gasteiger partial charge in [-0.1, -0.05) is 60.3 Å². The lowest BCUT2D eigenvalue weighted by Gasteiger charge is -2.26. The number of ketones is 1. The Labute approximate surface area is 207 Å². The highest BCUT2D eigenvalue weighted by Crippen LogP contribution is 2.24. The molecule has 3 aromatic carbocycles. The van der Waals surface area contributed by atoms with Crippen molar-refractivity contribution >= 4 is 34.4 Å². The van der Waals surface area contributed by atoms with Gasteiger partial charge in [0.05, 0.1) is 22.3 Å². The Morgan fingerprint density at radius 3 is 2.23 bits per heavy atom. The summed E-state index contributed by atoms with van der Waals surface area (Å²) in [4.78, 5) is 46.0. The van der Waals surface area contributed by atoms with E-state index in [4.69, 9.17) is 4.98 Å². The quantitative estimate of drug-likeness (QED) is 0.220. The fraction of sp³-hybridized carbons (Fsp3) is 0.214. The molecule has 1 aliphatic heterocycles. The monoisotopic (exact) mass is 483 g/mol. The summed E-state index contributed by atoms with van der Waals surface area (Å²) < 4.78 is 1.54. The highest BCUT2D eigenvalue weighted by Gasteiger charge is 2.20. The van der Waals surface area contributed by atoms with Crippen LogP contribution in [0.4, 0.5) is 0 Å². The first-order valence-corrected chi connectivity index (χ1v) is 12.7. The Bertz CT molecular complexity index is 1430. The number of benzene rings is 3. The predicted octanol–water partition coefficient (Wildman–Crippen LogP) is 4.99. The number of piperidine rings is 1. The van der Waals surface area contributed by atoms with Gasteiger partial charge in [-0.05, 0) is 49.6 Å². The third-order valence-electron chi connectivity index (χ3n) is 6.17. The number of rotatable bonds is 6. The molecule has 4 aromatic rings. The van der Waals surface area contributed by atoms with Crippen LogP contribution in [0.15, 0.2) is 88.8 Å². The largest absolute Gasteiger partial charge is 0.339 e. The fourth-order valence-corrected chi connectivity index (χ4v) is 5.22. The third kappa shape index (κ3) is 4.91. The number of amides is 1. The van der Waals surface area contributed by atoms with Crippen molar-refractivity contribution in [1.29, 1.82) is 0 Å². The summed E-state index contributed by atoms with van der Waals surface area (Å²) in [6.45, 7) is 1.51. The van der Waals surface area contributed by atoms with Crippen molar-refractivity contribution in [3.8, 4) is 5.69 Å². The average Bonchev–Trinajstić information content (AvgIpc) is 2.92. The van der Waals surface area contributed by atoms with Crippen LogP contribution in [-0.4, -0.2) is 45.0 Å². The van der Waals surface area contributed by atoms with Crippen LogP contribution in [0.1, 0.15) is 40.0 Å². The number of likely N-dealkylation sites (tertiary alicyclic amines) is 1. The van der Waals surface area contributed by atoms with Gasteiger partial charge in [-0.15, -0.1) is 0 Å². The number of thioether (sulfide) groups is 1. The Morgan fingerprint density at radius 2 is 1.51 bits per heavy atom. The number of nitrogens with zero attached hydrogens (tertiary/aromatic N) is 3. The number of carbonyl (C=O) groups excluding carboxylic acids is 2. The maximum absolute atomic E-state index is 13.6. The summed E-state index contributed by atoms with van der Waals surface area (Å²) in [7, 11) is 0. The fourth-order valence-electron chi connectivity index (χ4n) is 4.32. The Morgan fingerprint density at radius 1 is 0.829 bits per heavy atom. The highest BCUT2D eigenvalue weighted by atomic mass is 32.2. The van der Waals surface area contributed by atoms with Gasteiger partial charge in [-0.3, -0.25) is 19.0 Å². The van der Waals surface area contributed by atoms with Gasteiger partial charge in [0.25, 0.3) is 11.5 Å². The molecule has 1 fully saturated rings. The molecule has 0 aliphatic carbocycles. The first-order valence-electron chi connectivity index (χ1n) is 11.7. The van der Waals surface area contributed by atoms with Crippen LogP contribution in [0, 0.1) is 0 Å². The van der Waals surface area contributed by atoms with Crippen molar-refractivity contribution < 1.29 is 9.59 Å². The molecule has 7 heteroatoms. The molecule has 0 spiro atoms. The molecule has 0 radical (unpaired) electrons. The summed E-state index contributed by atoms with van der Waals surface area (Å²) in [6, 6.07) is 23.4. The highest BCUT2D eigenvalue weighted by molar-refractivity contribution is 7.99. The van der Waals surface area contributed by atoms with Crippen LogP contribution < -0.4 is 5.56 Å². The molecule has 35 heavy (non-hydrogen) atoms. The molecule has 5 rings (SSSR count). The molecule has 2 heterocycles. The summed E-state index contributed by atoms with van der Waals surface area (Å²) in [5.41, 5.74) is 2.05. The number of Topliss-reactive ketones (excluding diaryl/α,β-unsaturated/α-hetero) is 1. The minimum Gasteiger partial charge on any atom is -0.339 e. The second-order valence-corrected chi connectivity index (χ2v) is 9.48. The van der Waals surface area contributed by atoms with Gasteiger partial charge in [0.15, 0.2) is 10.9 Å². The van der Waals surface area contributed by atoms with E-state index in [-0.39, 0.29) is 23.0 Å². The molecule has 176 valence electrons. The van der Waals surface area contributed by atoms with Crippen LogP contribution in [0.5, 0.6) is 0 Å². The Balaban J connectivity index is 1.54. The first-order chi connectivity index (χ1) is 17.1. The summed E-state index contributed by atoms with van der Waals surface area (Å²) in [5, 5.41) is 0.850. The van der Waals surface area contributed by atoms with Gasteiger partial charge in [0.1, 0.15) is 0 Å². The van der Waals surface area contributed by atoms with Crippen molar-refractivity contribution in [2.75, 3.05) is 18.8 Å². The maximum atomic E-state index is 13.6. The van der Waals surface area contributed by atoms with Crippen molar-refractivity contribution in [3.05, 3.63) is 100 Å². The lowest BCUT2D eigenvalue weighted by atomic mass is 10.1. The zero-order valence-electron chi connectivity index (χ0n) is 19.2. The van der Waals surface area contributed by atoms with E-state index >= 15 is 0 Å². The predicted molar refractivity (Wildman–Crippen MR) is 139 cm³/mol. The lowest BCUT2D eigenvalue weighted by Crippen LogP contribution is -2.35. The minimum absolute atomic E-state index is 0.0332. The molecule has 0 atom stereocenters. The van der Waals surface area contributed by atoms with E-state index < -0.39 is 0 Å². The summed E-state index contributed by atoms with van der Waals surface area (Å²) >= 11 is 1.22. The second-order valence-electron chi connectivity index (χ2n) is 8.53. The first kappa shape index (κ1) is 23.1. The standard InChI is InChI=1S/C28H25N3O3S/c32-25(20-10-4-1-5-11-20)19-35-28-29-24-18-21(26(33)30-16-8-3-9-17-30)14-15-23(24)27(34)31(28)22-12-6-2-7-13-22/h1-2,4-7,10-15,18H,3,8-9,16-17,19H2. The Kier molecular flexibility index (Phi) is 6.77. The summed E-state index contributed by atoms with van der Waals surface area (Å²) in [5.74, 6) is 0.0639. The molecule has 0 bridgehead atoms. The van der Waals surface area contributed by atoms with Crippen LogP contribution in [0.25, 0.3) is 16.6 Å². The van der Waals surface area contributed by atoms with Gasteiger partial charge in [0, 0.05) is 24.2 Å². The summed E-state index contributed by atoms with van der Waals surface area (Å²) in [6.07, 6.45) is 3.16. The van der Waals surface area contributed by atoms with Gasteiger partial charge >= 0.3 is 0 Å². The maximum Gasteiger partial charge on any atom is 0.266 e. The normalized spacial score (nSPS) is 13.7. The molecule has 6 nitrogen and oxygen atoms in total. The smallest absolute Gasteiger partial charge is 0.266 e. The number of hydrogen-bond donors (Lipinski definition) is 0. The number of carbonyl (C=O) groups is 2. The molecular formula is C28H25N3O3S. The Hall–Kier alpha value is -3.71. The molecule has 0 unspecified atom stereocenters. The molecular weight excluding hydrogens is 458 g/mol. The van der Waals surface area contributed by atoms with Crippen molar-refractivity contribution in [1.82, 2.24) is 14.5 Å². The topological polar surface area (TPSA) is 72.3 Å². The second kappa shape index (κ2) is 10.3. The van der Waals surface area contributed by atoms with Gasteiger partial charge < -0.3 is 4.90 Å². The van der Waals surface area contributed by atoms with E-state index in [9.17, 15) is 14.4 Å². The van der Waals surface area contributed by atoms with Gasteiger partial charge in [-0.25, -0.2) is 4.98 Å². The number of hydrogen-bond acceptors (Lipinski definition) is 5. The molecule has 1 saturated heterocycles. The van der Waals surface area contributed by atoms with Crippen LogP contribution in [0.2, 0.25) is 0 Å². The average molecular weight is 484 g/mol. The van der Waals surface area contributed by atoms with E-state index in [1.165, 1.54) is 16.3 Å². The molecule has 0 saturated carbocycles. The van der Waals surface area contributed by atoms with E-state index in [1.807, 2.05) is 53.4 Å². The lowest BCUT2D eigenvalue weighted by molar-refractivity contribution is 0.0724. The minimum atomic E-state index is -0.229. The SMILES string of the molecule is O=C(CSc1nc2cc(C(=O)N3CCCCC3)ccc2c(=O)n1-c1ccccc1)c1ccccc1. The van der Waals surface area contributed by atoms with Crippen LogP contribution in [-0.2, 0) is 0 Å². The molecule has 1 aromatic heterocycles. The van der Waals surface area contributed by atoms with E-state index in [0.717, 1.165) is 32.4 Å². The molecule has 1 amide bonds. The van der Waals surface area contributed by atoms with Crippen molar-refractivity contribution in [2.45, 2.75) is 24.4 Å². The third-order valence-corrected chi connectivity index (χ3v) is 7.11. The van der Waals surface area contributed by atoms with E-state index in [1.54, 1.807) is 30.3 Å². The van der Waals surface area contributed by atoms with Gasteiger partial charge in [-0.2, -0.15) is 0 Å². The molecule has 0 N–H and O–H groups in total. The molecule has 1 aliphatic rings. The van der Waals surface area contributed by atoms with Crippen molar-refractivity contribution in [3.63, 3.8) is 0 Å². The number of aromatic nitrogens is 2. The number of fused-ring (bicyclic) bond motifs is 1. The zero-order chi connectivity index (χ0) is 24.2. The number of para-hydroxylation sites is 1. The van der Waals surface area contributed by atoms with Gasteiger partial charge in [0.2, 0.25) is 0 Å². The zero-order valence-corrected chi connectivity index (χ0v) is 20.0. The van der Waals surface area contributed by atoms with E-state index in [2.05, 4.69) is 0 Å². The van der Waals surface area contributed by atoms with Crippen molar-refractivity contribution in [2.24, 2.45) is 0 Å². The van der Waals surface area contributed by atoms with Crippen LogP contribution in [0.3, 0.4) is 0 Å². The van der Waals surface area contributed by atoms with E-state index in [0.29, 0.717) is 32.9 Å².